The minimum atomic E-state index is -0.0397. The van der Waals surface area contributed by atoms with Crippen LogP contribution in [-0.2, 0) is 4.74 Å². The third-order valence-corrected chi connectivity index (χ3v) is 5.29. The monoisotopic (exact) mass is 373 g/mol. The number of pyridine rings is 1. The molecule has 28 heavy (non-hydrogen) atoms. The molecular weight excluding hydrogens is 346 g/mol. The summed E-state index contributed by atoms with van der Waals surface area (Å²) >= 11 is 0. The molecule has 1 aromatic heterocycles. The number of ether oxygens (including phenoxy) is 1. The Bertz CT molecular complexity index is 787. The molecule has 1 fully saturated rings. The maximum Gasteiger partial charge on any atom is 0.108 e. The Labute approximate surface area is 167 Å². The molecule has 1 unspecified atom stereocenters. The summed E-state index contributed by atoms with van der Waals surface area (Å²) in [5.41, 5.74) is 3.65. The highest BCUT2D eigenvalue weighted by Crippen LogP contribution is 2.26. The van der Waals surface area contributed by atoms with Crippen molar-refractivity contribution >= 4 is 0 Å². The second-order valence-electron chi connectivity index (χ2n) is 7.11. The normalized spacial score (nSPS) is 17.7. The average molecular weight is 374 g/mol. The van der Waals surface area contributed by atoms with Crippen LogP contribution >= 0.6 is 0 Å². The van der Waals surface area contributed by atoms with Gasteiger partial charge in [0, 0.05) is 44.6 Å². The third kappa shape index (κ3) is 4.65. The molecule has 0 radical (unpaired) electrons. The molecule has 1 aliphatic heterocycles. The molecule has 1 atom stereocenters. The molecule has 3 aromatic rings. The smallest absolute Gasteiger partial charge is 0.108 e. The zero-order valence-electron chi connectivity index (χ0n) is 16.1. The van der Waals surface area contributed by atoms with E-state index >= 15 is 0 Å². The van der Waals surface area contributed by atoms with Gasteiger partial charge >= 0.3 is 0 Å². The van der Waals surface area contributed by atoms with Crippen LogP contribution in [0.4, 0.5) is 0 Å². The first-order valence-corrected chi connectivity index (χ1v) is 9.98. The largest absolute Gasteiger partial charge is 0.367 e. The molecule has 0 aliphatic carbocycles. The minimum Gasteiger partial charge on any atom is -0.367 e. The van der Waals surface area contributed by atoms with Crippen LogP contribution in [0.25, 0.3) is 0 Å². The molecule has 0 amide bonds. The molecule has 4 nitrogen and oxygen atoms in total. The molecule has 0 bridgehead atoms. The van der Waals surface area contributed by atoms with Crippen LogP contribution in [0.15, 0.2) is 85.2 Å². The Balaban J connectivity index is 1.44. The summed E-state index contributed by atoms with van der Waals surface area (Å²) in [4.78, 5) is 6.80. The average Bonchev–Trinajstić information content (AvgIpc) is 2.79. The summed E-state index contributed by atoms with van der Waals surface area (Å²) in [6.07, 6.45) is 3.77. The summed E-state index contributed by atoms with van der Waals surface area (Å²) in [5.74, 6) is 0. The Morgan fingerprint density at radius 1 is 0.964 bits per heavy atom. The van der Waals surface area contributed by atoms with E-state index in [0.29, 0.717) is 12.6 Å². The van der Waals surface area contributed by atoms with E-state index in [0.717, 1.165) is 26.2 Å². The number of nitrogens with zero attached hydrogens (tertiary/aromatic N) is 2. The van der Waals surface area contributed by atoms with Crippen LogP contribution in [0.5, 0.6) is 0 Å². The van der Waals surface area contributed by atoms with Gasteiger partial charge < -0.3 is 10.1 Å². The fourth-order valence-corrected chi connectivity index (χ4v) is 3.84. The van der Waals surface area contributed by atoms with Crippen molar-refractivity contribution in [2.24, 2.45) is 0 Å². The van der Waals surface area contributed by atoms with Gasteiger partial charge in [0.05, 0.1) is 6.61 Å². The topological polar surface area (TPSA) is 37.4 Å². The number of nitrogens with one attached hydrogen (secondary N) is 1. The Kier molecular flexibility index (Phi) is 6.45. The summed E-state index contributed by atoms with van der Waals surface area (Å²) in [6, 6.07) is 25.5. The zero-order valence-corrected chi connectivity index (χ0v) is 16.1. The van der Waals surface area contributed by atoms with Crippen molar-refractivity contribution in [2.75, 3.05) is 32.8 Å². The quantitative estimate of drug-likeness (QED) is 0.683. The molecule has 2 heterocycles. The van der Waals surface area contributed by atoms with Crippen LogP contribution in [0, 0.1) is 0 Å². The Hall–Kier alpha value is -2.53. The molecule has 0 spiro atoms. The molecule has 1 N–H and O–H groups in total. The van der Waals surface area contributed by atoms with E-state index in [1.807, 2.05) is 30.6 Å². The van der Waals surface area contributed by atoms with E-state index in [1.165, 1.54) is 16.7 Å². The second kappa shape index (κ2) is 9.60. The molecule has 0 saturated carbocycles. The van der Waals surface area contributed by atoms with E-state index < -0.39 is 0 Å². The van der Waals surface area contributed by atoms with E-state index in [2.05, 4.69) is 69.8 Å². The van der Waals surface area contributed by atoms with Crippen LogP contribution in [0.2, 0.25) is 0 Å². The lowest BCUT2D eigenvalue weighted by Gasteiger charge is -2.36. The van der Waals surface area contributed by atoms with Gasteiger partial charge in [0.25, 0.3) is 0 Å². The second-order valence-corrected chi connectivity index (χ2v) is 7.11. The van der Waals surface area contributed by atoms with Crippen LogP contribution < -0.4 is 5.32 Å². The maximum atomic E-state index is 6.42. The van der Waals surface area contributed by atoms with Gasteiger partial charge in [-0.3, -0.25) is 9.88 Å². The van der Waals surface area contributed by atoms with Crippen molar-refractivity contribution in [1.82, 2.24) is 15.2 Å². The predicted octanol–water partition coefficient (Wildman–Crippen LogP) is 3.83. The third-order valence-electron chi connectivity index (χ3n) is 5.29. The molecule has 1 saturated heterocycles. The van der Waals surface area contributed by atoms with Crippen molar-refractivity contribution in [3.63, 3.8) is 0 Å². The van der Waals surface area contributed by atoms with Crippen molar-refractivity contribution in [2.45, 2.75) is 12.1 Å². The van der Waals surface area contributed by atoms with Crippen LogP contribution in [-0.4, -0.2) is 42.7 Å². The summed E-state index contributed by atoms with van der Waals surface area (Å²) in [5, 5.41) is 3.50. The Morgan fingerprint density at radius 2 is 1.68 bits per heavy atom. The number of hydrogen-bond donors (Lipinski definition) is 1. The summed E-state index contributed by atoms with van der Waals surface area (Å²) in [6.45, 7) is 4.57. The molecule has 1 aliphatic rings. The van der Waals surface area contributed by atoms with Gasteiger partial charge in [0.15, 0.2) is 0 Å². The van der Waals surface area contributed by atoms with E-state index in [4.69, 9.17) is 4.74 Å². The van der Waals surface area contributed by atoms with Gasteiger partial charge in [-0.1, -0.05) is 66.7 Å². The number of rotatable bonds is 7. The highest BCUT2D eigenvalue weighted by Gasteiger charge is 2.24. The first-order valence-electron chi connectivity index (χ1n) is 9.98. The van der Waals surface area contributed by atoms with E-state index in [-0.39, 0.29) is 6.10 Å². The van der Waals surface area contributed by atoms with Crippen molar-refractivity contribution < 1.29 is 4.74 Å². The number of aromatic nitrogens is 1. The SMILES string of the molecule is c1ccc(C(OCCN2CCNCC2c2cccnc2)c2ccccc2)cc1. The fourth-order valence-electron chi connectivity index (χ4n) is 3.84. The van der Waals surface area contributed by atoms with Gasteiger partial charge in [0.1, 0.15) is 6.10 Å². The minimum absolute atomic E-state index is 0.0397. The van der Waals surface area contributed by atoms with E-state index in [9.17, 15) is 0 Å². The molecule has 4 rings (SSSR count). The van der Waals surface area contributed by atoms with Gasteiger partial charge in [-0.15, -0.1) is 0 Å². The number of piperazine rings is 1. The Morgan fingerprint density at radius 3 is 2.32 bits per heavy atom. The van der Waals surface area contributed by atoms with Crippen molar-refractivity contribution in [3.8, 4) is 0 Å². The molecule has 144 valence electrons. The van der Waals surface area contributed by atoms with Gasteiger partial charge in [-0.2, -0.15) is 0 Å². The van der Waals surface area contributed by atoms with Crippen LogP contribution in [0.1, 0.15) is 28.8 Å². The lowest BCUT2D eigenvalue weighted by molar-refractivity contribution is 0.0434. The van der Waals surface area contributed by atoms with Gasteiger partial charge in [-0.05, 0) is 22.8 Å². The lowest BCUT2D eigenvalue weighted by atomic mass is 10.0. The lowest BCUT2D eigenvalue weighted by Crippen LogP contribution is -2.47. The molecule has 2 aromatic carbocycles. The first-order chi connectivity index (χ1) is 13.9. The fraction of sp³-hybridized carbons (Fsp3) is 0.292. The predicted molar refractivity (Wildman–Crippen MR) is 112 cm³/mol. The first kappa shape index (κ1) is 18.8. The molecule has 4 heteroatoms. The van der Waals surface area contributed by atoms with Crippen molar-refractivity contribution in [3.05, 3.63) is 102 Å². The zero-order chi connectivity index (χ0) is 19.0. The van der Waals surface area contributed by atoms with Crippen LogP contribution in [0.3, 0.4) is 0 Å². The number of hydrogen-bond acceptors (Lipinski definition) is 4. The standard InChI is InChI=1S/C24H27N3O/c1-3-8-20(9-4-1)24(21-10-5-2-6-11-21)28-17-16-27-15-14-26-19-23(27)22-12-7-13-25-18-22/h1-13,18,23-24,26H,14-17,19H2. The summed E-state index contributed by atoms with van der Waals surface area (Å²) < 4.78 is 6.42. The number of benzene rings is 2. The summed E-state index contributed by atoms with van der Waals surface area (Å²) in [7, 11) is 0. The van der Waals surface area contributed by atoms with E-state index in [1.54, 1.807) is 0 Å². The van der Waals surface area contributed by atoms with Gasteiger partial charge in [0.2, 0.25) is 0 Å². The maximum absolute atomic E-state index is 6.42. The molecular formula is C24H27N3O. The highest BCUT2D eigenvalue weighted by atomic mass is 16.5. The van der Waals surface area contributed by atoms with Crippen molar-refractivity contribution in [1.29, 1.82) is 0 Å². The highest BCUT2D eigenvalue weighted by molar-refractivity contribution is 5.29. The van der Waals surface area contributed by atoms with Gasteiger partial charge in [-0.25, -0.2) is 0 Å².